The number of carbonyl (C=O) groups is 6. The van der Waals surface area contributed by atoms with E-state index in [9.17, 15) is 39.0 Å². The topological polar surface area (TPSA) is 228 Å². The van der Waals surface area contributed by atoms with Crippen molar-refractivity contribution in [1.82, 2.24) is 25.3 Å². The van der Waals surface area contributed by atoms with Crippen molar-refractivity contribution < 1.29 is 53.2 Å². The van der Waals surface area contributed by atoms with Crippen molar-refractivity contribution in [3.05, 3.63) is 59.7 Å². The van der Waals surface area contributed by atoms with Gasteiger partial charge in [-0.2, -0.15) is 0 Å². The molecule has 0 saturated carbocycles. The molecule has 2 unspecified atom stereocenters. The highest BCUT2D eigenvalue weighted by Gasteiger charge is 2.41. The van der Waals surface area contributed by atoms with Gasteiger partial charge in [-0.25, -0.2) is 9.59 Å². The van der Waals surface area contributed by atoms with Crippen LogP contribution < -0.4 is 21.3 Å². The first kappa shape index (κ1) is 43.8. The number of nitrogens with one attached hydrogen (secondary N) is 4. The molecular weight excluding hydrogens is 754 g/mol. The molecule has 3 saturated heterocycles. The number of rotatable bonds is 15. The number of anilines is 2. The second kappa shape index (κ2) is 20.4. The number of nitrogens with zero attached hydrogens (tertiary/aromatic N) is 3. The Labute approximate surface area is 337 Å². The summed E-state index contributed by atoms with van der Waals surface area (Å²) in [5.74, 6) is -1.85. The van der Waals surface area contributed by atoms with E-state index in [2.05, 4.69) is 35.6 Å². The number of aliphatic hydroxyl groups is 2. The summed E-state index contributed by atoms with van der Waals surface area (Å²) < 4.78 is 14.9. The fourth-order valence-electron chi connectivity index (χ4n) is 7.54. The third-order valence-electron chi connectivity index (χ3n) is 10.7. The first-order chi connectivity index (χ1) is 27.8. The zero-order valence-corrected chi connectivity index (χ0v) is 33.3. The lowest BCUT2D eigenvalue weighted by atomic mass is 10.1. The quantitative estimate of drug-likeness (QED) is 0.151. The van der Waals surface area contributed by atoms with Gasteiger partial charge in [-0.3, -0.25) is 24.1 Å². The van der Waals surface area contributed by atoms with Crippen LogP contribution in [0.3, 0.4) is 0 Å². The Morgan fingerprint density at radius 1 is 0.707 bits per heavy atom. The van der Waals surface area contributed by atoms with E-state index in [1.807, 2.05) is 48.5 Å². The number of hydrogen-bond acceptors (Lipinski definition) is 12. The number of carbonyl (C=O) groups excluding carboxylic acids is 6. The van der Waals surface area contributed by atoms with Gasteiger partial charge >= 0.3 is 12.2 Å². The van der Waals surface area contributed by atoms with Gasteiger partial charge in [0, 0.05) is 50.2 Å². The molecular formula is C40H55N7O11. The largest absolute Gasteiger partial charge is 0.453 e. The molecule has 58 heavy (non-hydrogen) atoms. The van der Waals surface area contributed by atoms with Gasteiger partial charge in [-0.1, -0.05) is 24.3 Å². The maximum atomic E-state index is 13.4. The molecule has 5 rings (SSSR count). The number of amides is 6. The molecule has 3 heterocycles. The van der Waals surface area contributed by atoms with Gasteiger partial charge in [0.25, 0.3) is 0 Å². The second-order valence-electron chi connectivity index (χ2n) is 14.9. The summed E-state index contributed by atoms with van der Waals surface area (Å²) in [5.41, 5.74) is 3.14. The van der Waals surface area contributed by atoms with Gasteiger partial charge in [0.1, 0.15) is 24.2 Å². The molecule has 0 aliphatic carbocycles. The highest BCUT2D eigenvalue weighted by atomic mass is 16.5. The molecule has 0 spiro atoms. The van der Waals surface area contributed by atoms with Gasteiger partial charge in [0.05, 0.1) is 33.0 Å². The molecule has 18 nitrogen and oxygen atoms in total. The van der Waals surface area contributed by atoms with Crippen LogP contribution in [0, 0.1) is 0 Å². The minimum absolute atomic E-state index is 0.175. The van der Waals surface area contributed by atoms with E-state index in [1.165, 1.54) is 23.6 Å². The summed E-state index contributed by atoms with van der Waals surface area (Å²) in [7, 11) is 2.32. The summed E-state index contributed by atoms with van der Waals surface area (Å²) in [6.45, 7) is 5.84. The summed E-state index contributed by atoms with van der Waals surface area (Å²) >= 11 is 0. The zero-order chi connectivity index (χ0) is 41.9. The molecule has 2 aromatic rings. The lowest BCUT2D eigenvalue weighted by Crippen LogP contribution is -2.56. The standard InChI is InChI=1S/C40H55N7O11/c1-24(48)33(43-39(54)56-3)37(52)46-18-5-7-31(46)35(50)41-28-13-9-26(10-14-28)21-45(30-17-20-58-23-30)22-27-11-15-29(16-12-27)42-36(51)32-8-6-19-47(32)38(53)34(25(2)49)44-40(55)57-4/h9-16,24-25,30-34,48-49H,5-8,17-23H2,1-4H3,(H,41,50)(H,42,51)(H,43,54)(H,44,55)/t24?,25?,30-,31+,32+,33+,34+/m1/s1. The number of ether oxygens (including phenoxy) is 3. The maximum absolute atomic E-state index is 13.4. The van der Waals surface area contributed by atoms with Crippen LogP contribution in [0.1, 0.15) is 57.1 Å². The highest BCUT2D eigenvalue weighted by Crippen LogP contribution is 2.25. The normalized spacial score (nSPS) is 21.1. The number of methoxy groups -OCH3 is 2. The molecule has 6 N–H and O–H groups in total. The van der Waals surface area contributed by atoms with Crippen molar-refractivity contribution in [2.24, 2.45) is 0 Å². The molecule has 3 aliphatic rings. The summed E-state index contributed by atoms with van der Waals surface area (Å²) in [4.78, 5) is 81.9. The molecule has 3 fully saturated rings. The van der Waals surface area contributed by atoms with Crippen LogP contribution in [-0.2, 0) is 46.5 Å². The number of alkyl carbamates (subject to hydrolysis) is 2. The minimum atomic E-state index is -1.25. The van der Waals surface area contributed by atoms with Crippen molar-refractivity contribution >= 4 is 47.2 Å². The van der Waals surface area contributed by atoms with E-state index >= 15 is 0 Å². The minimum Gasteiger partial charge on any atom is -0.453 e. The SMILES string of the molecule is COC(=O)N[C@H](C(=O)N1CCC[C@H]1C(=O)Nc1ccc(CN(Cc2ccc(NC(=O)[C@@H]3CCCN3C(=O)[C@@H](NC(=O)OC)C(C)O)cc2)[C@@H]2CCOC2)cc1)C(C)O. The summed E-state index contributed by atoms with van der Waals surface area (Å²) in [6.07, 6.45) is -1.18. The van der Waals surface area contributed by atoms with Crippen LogP contribution in [0.25, 0.3) is 0 Å². The fraction of sp³-hybridized carbons (Fsp3) is 0.550. The van der Waals surface area contributed by atoms with Crippen LogP contribution in [0.4, 0.5) is 21.0 Å². The monoisotopic (exact) mass is 809 g/mol. The summed E-state index contributed by atoms with van der Waals surface area (Å²) in [6, 6.07) is 11.1. The van der Waals surface area contributed by atoms with Crippen molar-refractivity contribution in [2.45, 2.75) is 101 Å². The average Bonchev–Trinajstić information content (AvgIpc) is 4.02. The van der Waals surface area contributed by atoms with Gasteiger partial charge < -0.3 is 55.5 Å². The van der Waals surface area contributed by atoms with Gasteiger partial charge in [-0.05, 0) is 81.3 Å². The molecule has 18 heteroatoms. The summed E-state index contributed by atoms with van der Waals surface area (Å²) in [5, 5.41) is 30.8. The predicted octanol–water partition coefficient (Wildman–Crippen LogP) is 1.55. The first-order valence-corrected chi connectivity index (χ1v) is 19.6. The molecule has 0 bridgehead atoms. The molecule has 316 valence electrons. The van der Waals surface area contributed by atoms with Crippen LogP contribution in [0.2, 0.25) is 0 Å². The Balaban J connectivity index is 1.18. The lowest BCUT2D eigenvalue weighted by Gasteiger charge is -2.30. The van der Waals surface area contributed by atoms with Crippen molar-refractivity contribution in [3.8, 4) is 0 Å². The molecule has 6 amide bonds. The van der Waals surface area contributed by atoms with Gasteiger partial charge in [0.2, 0.25) is 23.6 Å². The first-order valence-electron chi connectivity index (χ1n) is 19.6. The van der Waals surface area contributed by atoms with Crippen LogP contribution in [0.5, 0.6) is 0 Å². The van der Waals surface area contributed by atoms with E-state index < -0.39 is 60.4 Å². The molecule has 7 atom stereocenters. The predicted molar refractivity (Wildman–Crippen MR) is 210 cm³/mol. The van der Waals surface area contributed by atoms with E-state index in [0.717, 1.165) is 31.8 Å². The second-order valence-corrected chi connectivity index (χ2v) is 14.9. The molecule has 0 radical (unpaired) electrons. The van der Waals surface area contributed by atoms with E-state index in [-0.39, 0.29) is 17.9 Å². The van der Waals surface area contributed by atoms with E-state index in [1.54, 1.807) is 0 Å². The Morgan fingerprint density at radius 2 is 1.12 bits per heavy atom. The van der Waals surface area contributed by atoms with E-state index in [0.29, 0.717) is 76.5 Å². The lowest BCUT2D eigenvalue weighted by molar-refractivity contribution is -0.140. The Morgan fingerprint density at radius 3 is 1.47 bits per heavy atom. The number of hydrogen-bond donors (Lipinski definition) is 6. The average molecular weight is 810 g/mol. The van der Waals surface area contributed by atoms with Crippen molar-refractivity contribution in [1.29, 1.82) is 0 Å². The Bertz CT molecular complexity index is 1630. The third kappa shape index (κ3) is 11.2. The smallest absolute Gasteiger partial charge is 0.407 e. The zero-order valence-electron chi connectivity index (χ0n) is 33.3. The van der Waals surface area contributed by atoms with Gasteiger partial charge in [0.15, 0.2) is 0 Å². The molecule has 0 aromatic heterocycles. The fourth-order valence-corrected chi connectivity index (χ4v) is 7.54. The van der Waals surface area contributed by atoms with Gasteiger partial charge in [-0.15, -0.1) is 0 Å². The van der Waals surface area contributed by atoms with Crippen molar-refractivity contribution in [2.75, 3.05) is 51.2 Å². The number of likely N-dealkylation sites (tertiary alicyclic amines) is 2. The van der Waals surface area contributed by atoms with E-state index in [4.69, 9.17) is 4.74 Å². The third-order valence-corrected chi connectivity index (χ3v) is 10.7. The Kier molecular flexibility index (Phi) is 15.4. The number of aliphatic hydroxyl groups excluding tert-OH is 2. The highest BCUT2D eigenvalue weighted by molar-refractivity contribution is 5.99. The van der Waals surface area contributed by atoms with Crippen LogP contribution in [0.15, 0.2) is 48.5 Å². The van der Waals surface area contributed by atoms with Crippen molar-refractivity contribution in [3.63, 3.8) is 0 Å². The maximum Gasteiger partial charge on any atom is 0.407 e. The van der Waals surface area contributed by atoms with Crippen LogP contribution in [-0.4, -0.2) is 144 Å². The molecule has 2 aromatic carbocycles. The number of benzene rings is 2. The van der Waals surface area contributed by atoms with Crippen LogP contribution >= 0.6 is 0 Å². The molecule has 3 aliphatic heterocycles. The Hall–Kier alpha value is -5.30.